The molecule has 1 rings (SSSR count). The van der Waals surface area contributed by atoms with Gasteiger partial charge in [0.05, 0.1) is 12.0 Å². The van der Waals surface area contributed by atoms with Gasteiger partial charge in [0.15, 0.2) is 0 Å². The fraction of sp³-hybridized carbons (Fsp3) is 0.714. The molecule has 1 aromatic heterocycles. The predicted molar refractivity (Wildman–Crippen MR) is 76.8 cm³/mol. The number of imidazole rings is 1. The molecule has 0 saturated carbocycles. The van der Waals surface area contributed by atoms with Gasteiger partial charge in [-0.2, -0.15) is 0 Å². The first-order chi connectivity index (χ1) is 8.85. The highest BCUT2D eigenvalue weighted by Crippen LogP contribution is 2.11. The molecule has 0 aliphatic carbocycles. The molecule has 1 unspecified atom stereocenters. The molecule has 5 heteroatoms. The molecule has 0 spiro atoms. The van der Waals surface area contributed by atoms with Gasteiger partial charge in [-0.15, -0.1) is 0 Å². The smallest absolute Gasteiger partial charge is 0.242 e. The quantitative estimate of drug-likeness (QED) is 0.826. The molecule has 1 aromatic rings. The molecule has 0 aliphatic heterocycles. The average molecular weight is 266 g/mol. The lowest BCUT2D eigenvalue weighted by molar-refractivity contribution is -0.123. The Morgan fingerprint density at radius 1 is 1.47 bits per heavy atom. The topological polar surface area (TPSA) is 59.0 Å². The third-order valence-corrected chi connectivity index (χ3v) is 2.89. The third kappa shape index (κ3) is 5.03. The lowest BCUT2D eigenvalue weighted by Crippen LogP contribution is -2.37. The van der Waals surface area contributed by atoms with E-state index in [1.807, 2.05) is 24.6 Å². The summed E-state index contributed by atoms with van der Waals surface area (Å²) in [7, 11) is 0. The molecule has 0 radical (unpaired) electrons. The molecular formula is C14H26N4O. The molecule has 108 valence electrons. The molecule has 1 heterocycles. The Morgan fingerprint density at radius 2 is 2.16 bits per heavy atom. The van der Waals surface area contributed by atoms with E-state index in [2.05, 4.69) is 36.4 Å². The van der Waals surface area contributed by atoms with Gasteiger partial charge in [0.2, 0.25) is 5.91 Å². The van der Waals surface area contributed by atoms with Crippen LogP contribution in [0.5, 0.6) is 0 Å². The first kappa shape index (κ1) is 15.7. The Balaban J connectivity index is 2.68. The standard InChI is InChI=1S/C14H26N4O/c1-6-7-16-13(19)11(2)18-10-15-8-12(18)9-17-14(3,4)5/h8,10-11,17H,6-7,9H2,1-5H3,(H,16,19). The monoisotopic (exact) mass is 266 g/mol. The normalized spacial score (nSPS) is 13.3. The van der Waals surface area contributed by atoms with E-state index in [0.29, 0.717) is 13.1 Å². The van der Waals surface area contributed by atoms with Crippen LogP contribution in [0.2, 0.25) is 0 Å². The summed E-state index contributed by atoms with van der Waals surface area (Å²) >= 11 is 0. The number of nitrogens with zero attached hydrogens (tertiary/aromatic N) is 2. The highest BCUT2D eigenvalue weighted by molar-refractivity contribution is 5.79. The van der Waals surface area contributed by atoms with Gasteiger partial charge in [-0.3, -0.25) is 4.79 Å². The van der Waals surface area contributed by atoms with Crippen molar-refractivity contribution in [2.24, 2.45) is 0 Å². The molecule has 0 fully saturated rings. The Morgan fingerprint density at radius 3 is 2.74 bits per heavy atom. The lowest BCUT2D eigenvalue weighted by atomic mass is 10.1. The van der Waals surface area contributed by atoms with E-state index in [1.165, 1.54) is 0 Å². The molecule has 1 amide bonds. The van der Waals surface area contributed by atoms with Crippen LogP contribution in [0.15, 0.2) is 12.5 Å². The minimum absolute atomic E-state index is 0.0388. The number of rotatable bonds is 6. The van der Waals surface area contributed by atoms with Gasteiger partial charge in [0.25, 0.3) is 0 Å². The summed E-state index contributed by atoms with van der Waals surface area (Å²) in [4.78, 5) is 16.1. The van der Waals surface area contributed by atoms with Crippen molar-refractivity contribution < 1.29 is 4.79 Å². The van der Waals surface area contributed by atoms with Crippen LogP contribution in [-0.4, -0.2) is 27.5 Å². The Bertz CT molecular complexity index is 406. The van der Waals surface area contributed by atoms with Gasteiger partial charge in [0, 0.05) is 24.8 Å². The zero-order chi connectivity index (χ0) is 14.5. The van der Waals surface area contributed by atoms with E-state index < -0.39 is 0 Å². The highest BCUT2D eigenvalue weighted by Gasteiger charge is 2.18. The lowest BCUT2D eigenvalue weighted by Gasteiger charge is -2.22. The van der Waals surface area contributed by atoms with Crippen LogP contribution in [-0.2, 0) is 11.3 Å². The van der Waals surface area contributed by atoms with Crippen LogP contribution >= 0.6 is 0 Å². The van der Waals surface area contributed by atoms with Gasteiger partial charge in [-0.05, 0) is 34.1 Å². The highest BCUT2D eigenvalue weighted by atomic mass is 16.2. The van der Waals surface area contributed by atoms with E-state index in [-0.39, 0.29) is 17.5 Å². The number of carbonyl (C=O) groups is 1. The number of nitrogens with one attached hydrogen (secondary N) is 2. The summed E-state index contributed by atoms with van der Waals surface area (Å²) in [5, 5.41) is 6.32. The first-order valence-corrected chi connectivity index (χ1v) is 6.88. The van der Waals surface area contributed by atoms with E-state index in [9.17, 15) is 4.79 Å². The second kappa shape index (κ2) is 6.70. The Hall–Kier alpha value is -1.36. The van der Waals surface area contributed by atoms with Crippen molar-refractivity contribution in [2.75, 3.05) is 6.54 Å². The summed E-state index contributed by atoms with van der Waals surface area (Å²) in [5.41, 5.74) is 1.07. The maximum Gasteiger partial charge on any atom is 0.242 e. The minimum Gasteiger partial charge on any atom is -0.354 e. The van der Waals surface area contributed by atoms with Gasteiger partial charge in [-0.1, -0.05) is 6.92 Å². The number of hydrogen-bond acceptors (Lipinski definition) is 3. The number of aromatic nitrogens is 2. The Kier molecular flexibility index (Phi) is 5.54. The molecular weight excluding hydrogens is 240 g/mol. The fourth-order valence-corrected chi connectivity index (χ4v) is 1.70. The van der Waals surface area contributed by atoms with Crippen LogP contribution in [0.3, 0.4) is 0 Å². The van der Waals surface area contributed by atoms with Crippen LogP contribution in [0.25, 0.3) is 0 Å². The molecule has 0 saturated heterocycles. The van der Waals surface area contributed by atoms with Crippen LogP contribution in [0.4, 0.5) is 0 Å². The van der Waals surface area contributed by atoms with E-state index in [0.717, 1.165) is 12.1 Å². The number of amides is 1. The maximum absolute atomic E-state index is 12.0. The zero-order valence-electron chi connectivity index (χ0n) is 12.7. The fourth-order valence-electron chi connectivity index (χ4n) is 1.70. The molecule has 0 aliphatic rings. The summed E-state index contributed by atoms with van der Waals surface area (Å²) in [6.45, 7) is 11.7. The molecule has 19 heavy (non-hydrogen) atoms. The van der Waals surface area contributed by atoms with Crippen LogP contribution < -0.4 is 10.6 Å². The molecule has 5 nitrogen and oxygen atoms in total. The molecule has 1 atom stereocenters. The first-order valence-electron chi connectivity index (χ1n) is 6.88. The second-order valence-electron chi connectivity index (χ2n) is 5.86. The van der Waals surface area contributed by atoms with Crippen molar-refractivity contribution in [3.8, 4) is 0 Å². The second-order valence-corrected chi connectivity index (χ2v) is 5.86. The van der Waals surface area contributed by atoms with Crippen molar-refractivity contribution >= 4 is 5.91 Å². The van der Waals surface area contributed by atoms with Gasteiger partial charge < -0.3 is 15.2 Å². The van der Waals surface area contributed by atoms with Crippen LogP contribution in [0, 0.1) is 0 Å². The van der Waals surface area contributed by atoms with Gasteiger partial charge in [0.1, 0.15) is 6.04 Å². The summed E-state index contributed by atoms with van der Waals surface area (Å²) in [6.07, 6.45) is 4.47. The van der Waals surface area contributed by atoms with E-state index >= 15 is 0 Å². The minimum atomic E-state index is -0.231. The molecule has 0 aromatic carbocycles. The maximum atomic E-state index is 12.0. The summed E-state index contributed by atoms with van der Waals surface area (Å²) < 4.78 is 1.92. The van der Waals surface area contributed by atoms with Crippen molar-refractivity contribution in [1.29, 1.82) is 0 Å². The molecule has 0 bridgehead atoms. The van der Waals surface area contributed by atoms with Crippen molar-refractivity contribution in [3.05, 3.63) is 18.2 Å². The summed E-state index contributed by atoms with van der Waals surface area (Å²) in [5.74, 6) is 0.0388. The largest absolute Gasteiger partial charge is 0.354 e. The van der Waals surface area contributed by atoms with Crippen LogP contribution in [0.1, 0.15) is 52.8 Å². The van der Waals surface area contributed by atoms with E-state index in [4.69, 9.17) is 0 Å². The zero-order valence-corrected chi connectivity index (χ0v) is 12.7. The Labute approximate surface area is 115 Å². The SMILES string of the molecule is CCCNC(=O)C(C)n1cncc1CNC(C)(C)C. The number of carbonyl (C=O) groups excluding carboxylic acids is 1. The molecule has 2 N–H and O–H groups in total. The van der Waals surface area contributed by atoms with Crippen molar-refractivity contribution in [2.45, 2.75) is 59.2 Å². The predicted octanol–water partition coefficient (Wildman–Crippen LogP) is 1.86. The van der Waals surface area contributed by atoms with Crippen molar-refractivity contribution in [1.82, 2.24) is 20.2 Å². The van der Waals surface area contributed by atoms with Gasteiger partial charge >= 0.3 is 0 Å². The van der Waals surface area contributed by atoms with Crippen molar-refractivity contribution in [3.63, 3.8) is 0 Å². The average Bonchev–Trinajstić information content (AvgIpc) is 2.79. The van der Waals surface area contributed by atoms with E-state index in [1.54, 1.807) is 6.33 Å². The number of hydrogen-bond donors (Lipinski definition) is 2. The summed E-state index contributed by atoms with van der Waals surface area (Å²) in [6, 6.07) is -0.231. The third-order valence-electron chi connectivity index (χ3n) is 2.89. The van der Waals surface area contributed by atoms with Gasteiger partial charge in [-0.25, -0.2) is 4.98 Å².